The van der Waals surface area contributed by atoms with Crippen molar-refractivity contribution in [1.29, 1.82) is 0 Å². The van der Waals surface area contributed by atoms with Crippen LogP contribution in [0.3, 0.4) is 0 Å². The van der Waals surface area contributed by atoms with Gasteiger partial charge in [0.1, 0.15) is 11.0 Å². The van der Waals surface area contributed by atoms with Crippen molar-refractivity contribution < 1.29 is 12.8 Å². The van der Waals surface area contributed by atoms with Crippen LogP contribution in [-0.2, 0) is 10.0 Å². The number of nitrogens with two attached hydrogens (primary N) is 1. The van der Waals surface area contributed by atoms with Crippen molar-refractivity contribution in [3.8, 4) is 0 Å². The number of sulfonamides is 1. The van der Waals surface area contributed by atoms with E-state index in [1.165, 1.54) is 18.3 Å². The Morgan fingerprint density at radius 2 is 2.00 bits per heavy atom. The van der Waals surface area contributed by atoms with Gasteiger partial charge in [-0.2, -0.15) is 0 Å². The largest absolute Gasteiger partial charge is 0.396 e. The average molecular weight is 302 g/mol. The van der Waals surface area contributed by atoms with Gasteiger partial charge >= 0.3 is 0 Å². The number of halogens is 2. The van der Waals surface area contributed by atoms with Crippen LogP contribution in [0.4, 0.5) is 15.8 Å². The third kappa shape index (κ3) is 3.12. The average Bonchev–Trinajstić information content (AvgIpc) is 2.32. The minimum atomic E-state index is -3.85. The van der Waals surface area contributed by atoms with Gasteiger partial charge in [-0.3, -0.25) is 4.72 Å². The summed E-state index contributed by atoms with van der Waals surface area (Å²) in [6.07, 6.45) is 1.36. The molecule has 0 saturated carbocycles. The first-order valence-corrected chi connectivity index (χ1v) is 6.94. The number of nitrogen functional groups attached to an aromatic ring is 1. The maximum absolute atomic E-state index is 13.0. The summed E-state index contributed by atoms with van der Waals surface area (Å²) < 4.78 is 39.3. The van der Waals surface area contributed by atoms with Crippen molar-refractivity contribution in [2.75, 3.05) is 10.5 Å². The highest BCUT2D eigenvalue weighted by molar-refractivity contribution is 7.92. The smallest absolute Gasteiger partial charge is 0.261 e. The molecule has 2 aromatic rings. The second-order valence-corrected chi connectivity index (χ2v) is 5.73. The first-order valence-electron chi connectivity index (χ1n) is 5.08. The summed E-state index contributed by atoms with van der Waals surface area (Å²) in [4.78, 5) is 3.59. The number of anilines is 2. The zero-order valence-corrected chi connectivity index (χ0v) is 11.0. The van der Waals surface area contributed by atoms with Crippen LogP contribution in [-0.4, -0.2) is 13.4 Å². The Bertz CT molecular complexity index is 722. The summed E-state index contributed by atoms with van der Waals surface area (Å²) in [7, 11) is -3.85. The quantitative estimate of drug-likeness (QED) is 0.672. The molecule has 1 heterocycles. The molecule has 0 amide bonds. The molecule has 0 aliphatic heterocycles. The van der Waals surface area contributed by atoms with E-state index in [1.807, 2.05) is 0 Å². The molecule has 0 bridgehead atoms. The fourth-order valence-electron chi connectivity index (χ4n) is 1.37. The standard InChI is InChI=1S/C11H9ClFN3O2S/c12-11-5-7(3-4-15-11)16-19(17,18)8-1-2-9(13)10(14)6-8/h1-6H,14H2,(H,15,16). The molecule has 0 spiro atoms. The summed E-state index contributed by atoms with van der Waals surface area (Å²) in [6.45, 7) is 0. The van der Waals surface area contributed by atoms with Gasteiger partial charge in [-0.1, -0.05) is 11.6 Å². The van der Waals surface area contributed by atoms with Crippen LogP contribution >= 0.6 is 11.6 Å². The minimum absolute atomic E-state index is 0.140. The number of nitrogens with zero attached hydrogens (tertiary/aromatic N) is 1. The van der Waals surface area contributed by atoms with Crippen molar-refractivity contribution in [1.82, 2.24) is 4.98 Å². The molecule has 2 rings (SSSR count). The highest BCUT2D eigenvalue weighted by atomic mass is 35.5. The molecule has 0 aliphatic carbocycles. The van der Waals surface area contributed by atoms with Crippen molar-refractivity contribution in [3.05, 3.63) is 47.5 Å². The topological polar surface area (TPSA) is 85.1 Å². The van der Waals surface area contributed by atoms with E-state index in [9.17, 15) is 12.8 Å². The van der Waals surface area contributed by atoms with Crippen LogP contribution in [0.2, 0.25) is 5.15 Å². The van der Waals surface area contributed by atoms with Crippen molar-refractivity contribution in [2.24, 2.45) is 0 Å². The lowest BCUT2D eigenvalue weighted by Gasteiger charge is -2.08. The number of benzene rings is 1. The van der Waals surface area contributed by atoms with Crippen LogP contribution in [0.15, 0.2) is 41.4 Å². The predicted octanol–water partition coefficient (Wildman–Crippen LogP) is 2.26. The van der Waals surface area contributed by atoms with E-state index in [2.05, 4.69) is 9.71 Å². The highest BCUT2D eigenvalue weighted by Gasteiger charge is 2.15. The number of hydrogen-bond acceptors (Lipinski definition) is 4. The van der Waals surface area contributed by atoms with Gasteiger partial charge in [0.2, 0.25) is 0 Å². The van der Waals surface area contributed by atoms with E-state index in [4.69, 9.17) is 17.3 Å². The van der Waals surface area contributed by atoms with Crippen LogP contribution in [0.25, 0.3) is 0 Å². The van der Waals surface area contributed by atoms with Gasteiger partial charge < -0.3 is 5.73 Å². The van der Waals surface area contributed by atoms with Gasteiger partial charge in [-0.15, -0.1) is 0 Å². The lowest BCUT2D eigenvalue weighted by atomic mass is 10.3. The van der Waals surface area contributed by atoms with E-state index in [-0.39, 0.29) is 21.4 Å². The molecule has 0 aliphatic rings. The van der Waals surface area contributed by atoms with Gasteiger partial charge in [0.15, 0.2) is 0 Å². The summed E-state index contributed by atoms with van der Waals surface area (Å²) in [6, 6.07) is 5.95. The molecular formula is C11H9ClFN3O2S. The Kier molecular flexibility index (Phi) is 3.59. The zero-order valence-electron chi connectivity index (χ0n) is 9.47. The second kappa shape index (κ2) is 5.02. The van der Waals surface area contributed by atoms with Gasteiger partial charge in [-0.05, 0) is 30.3 Å². The fraction of sp³-hybridized carbons (Fsp3) is 0. The van der Waals surface area contributed by atoms with Crippen molar-refractivity contribution in [2.45, 2.75) is 4.90 Å². The van der Waals surface area contributed by atoms with Gasteiger partial charge in [0.05, 0.1) is 16.3 Å². The molecular weight excluding hydrogens is 293 g/mol. The lowest BCUT2D eigenvalue weighted by Crippen LogP contribution is -2.13. The van der Waals surface area contributed by atoms with Crippen LogP contribution in [0.5, 0.6) is 0 Å². The molecule has 19 heavy (non-hydrogen) atoms. The Morgan fingerprint density at radius 3 is 2.63 bits per heavy atom. The first kappa shape index (κ1) is 13.6. The summed E-state index contributed by atoms with van der Waals surface area (Å²) in [5, 5.41) is 0.152. The molecule has 1 aromatic heterocycles. The Balaban J connectivity index is 2.35. The normalized spacial score (nSPS) is 11.3. The molecule has 1 aromatic carbocycles. The summed E-state index contributed by atoms with van der Waals surface area (Å²) in [5.41, 5.74) is 5.35. The summed E-state index contributed by atoms with van der Waals surface area (Å²) in [5.74, 6) is -0.675. The Morgan fingerprint density at radius 1 is 1.26 bits per heavy atom. The lowest BCUT2D eigenvalue weighted by molar-refractivity contribution is 0.600. The van der Waals surface area contributed by atoms with E-state index in [0.29, 0.717) is 0 Å². The molecule has 0 unspecified atom stereocenters. The number of rotatable bonds is 3. The maximum Gasteiger partial charge on any atom is 0.261 e. The second-order valence-electron chi connectivity index (χ2n) is 3.66. The third-order valence-electron chi connectivity index (χ3n) is 2.26. The van der Waals surface area contributed by atoms with E-state index >= 15 is 0 Å². The predicted molar refractivity (Wildman–Crippen MR) is 70.9 cm³/mol. The maximum atomic E-state index is 13.0. The van der Waals surface area contributed by atoms with Crippen LogP contribution in [0.1, 0.15) is 0 Å². The van der Waals surface area contributed by atoms with Gasteiger partial charge in [0.25, 0.3) is 10.0 Å². The van der Waals surface area contributed by atoms with Crippen LogP contribution in [0, 0.1) is 5.82 Å². The Hall–Kier alpha value is -1.86. The van der Waals surface area contributed by atoms with Crippen molar-refractivity contribution in [3.63, 3.8) is 0 Å². The molecule has 0 radical (unpaired) electrons. The monoisotopic (exact) mass is 301 g/mol. The third-order valence-corrected chi connectivity index (χ3v) is 3.84. The minimum Gasteiger partial charge on any atom is -0.396 e. The molecule has 5 nitrogen and oxygen atoms in total. The summed E-state index contributed by atoms with van der Waals surface area (Å²) >= 11 is 5.65. The highest BCUT2D eigenvalue weighted by Crippen LogP contribution is 2.20. The molecule has 8 heteroatoms. The van der Waals surface area contributed by atoms with Gasteiger partial charge in [0, 0.05) is 6.20 Å². The van der Waals surface area contributed by atoms with E-state index in [0.717, 1.165) is 18.2 Å². The van der Waals surface area contributed by atoms with Crippen LogP contribution < -0.4 is 10.5 Å². The SMILES string of the molecule is Nc1cc(S(=O)(=O)Nc2ccnc(Cl)c2)ccc1F. The van der Waals surface area contributed by atoms with Gasteiger partial charge in [-0.25, -0.2) is 17.8 Å². The first-order chi connectivity index (χ1) is 8.88. The van der Waals surface area contributed by atoms with E-state index < -0.39 is 15.8 Å². The molecule has 100 valence electrons. The Labute approximate surface area is 114 Å². The number of pyridine rings is 1. The molecule has 3 N–H and O–H groups in total. The zero-order chi connectivity index (χ0) is 14.0. The number of aromatic nitrogens is 1. The molecule has 0 atom stereocenters. The molecule has 0 fully saturated rings. The number of nitrogens with one attached hydrogen (secondary N) is 1. The fourth-order valence-corrected chi connectivity index (χ4v) is 2.63. The molecule has 0 saturated heterocycles. The number of hydrogen-bond donors (Lipinski definition) is 2. The van der Waals surface area contributed by atoms with Crippen molar-refractivity contribution >= 4 is 33.0 Å². The van der Waals surface area contributed by atoms with E-state index in [1.54, 1.807) is 0 Å².